The smallest absolute Gasteiger partial charge is 0.308 e. The molecule has 2 aliphatic rings. The summed E-state index contributed by atoms with van der Waals surface area (Å²) < 4.78 is 18.9. The third-order valence-corrected chi connectivity index (χ3v) is 8.72. The molecule has 0 bridgehead atoms. The zero-order valence-electron chi connectivity index (χ0n) is 25.2. The third-order valence-electron chi connectivity index (χ3n) is 8.72. The van der Waals surface area contributed by atoms with Crippen molar-refractivity contribution < 1.29 is 28.9 Å². The Balaban J connectivity index is 1.48. The van der Waals surface area contributed by atoms with Gasteiger partial charge in [-0.05, 0) is 66.8 Å². The Bertz CT molecular complexity index is 1440. The number of carbonyl (C=O) groups is 2. The summed E-state index contributed by atoms with van der Waals surface area (Å²) in [4.78, 5) is 30.9. The molecule has 43 heavy (non-hydrogen) atoms. The van der Waals surface area contributed by atoms with Crippen LogP contribution in [0.4, 0.5) is 5.69 Å². The van der Waals surface area contributed by atoms with Gasteiger partial charge in [-0.2, -0.15) is 0 Å². The molecule has 2 aliphatic heterocycles. The van der Waals surface area contributed by atoms with Gasteiger partial charge in [-0.25, -0.2) is 0 Å². The lowest BCUT2D eigenvalue weighted by molar-refractivity contribution is -0.143. The van der Waals surface area contributed by atoms with E-state index in [1.54, 1.807) is 7.11 Å². The highest BCUT2D eigenvalue weighted by Gasteiger charge is 2.47. The number of methoxy groups -OCH3 is 1. The lowest BCUT2D eigenvalue weighted by atomic mass is 9.83. The number of likely N-dealkylation sites (tertiary alicyclic amines) is 1. The molecule has 10 nitrogen and oxygen atoms in total. The van der Waals surface area contributed by atoms with E-state index < -0.39 is 11.9 Å². The number of rotatable bonds is 13. The number of carbonyl (C=O) groups excluding carboxylic acids is 1. The van der Waals surface area contributed by atoms with E-state index in [1.165, 1.54) is 0 Å². The van der Waals surface area contributed by atoms with Gasteiger partial charge < -0.3 is 34.5 Å². The van der Waals surface area contributed by atoms with Crippen LogP contribution in [-0.2, 0) is 29.6 Å². The van der Waals surface area contributed by atoms with Crippen molar-refractivity contribution in [3.63, 3.8) is 0 Å². The zero-order chi connectivity index (χ0) is 30.5. The summed E-state index contributed by atoms with van der Waals surface area (Å²) in [6, 6.07) is 15.2. The normalized spacial score (nSPS) is 19.5. The second kappa shape index (κ2) is 13.5. The van der Waals surface area contributed by atoms with Gasteiger partial charge in [-0.15, -0.1) is 0 Å². The average molecular weight is 591 g/mol. The van der Waals surface area contributed by atoms with Crippen molar-refractivity contribution in [1.82, 2.24) is 9.47 Å². The topological polar surface area (TPSA) is 119 Å². The molecule has 3 aromatic rings. The number of fused-ring (bicyclic) bond motifs is 1. The summed E-state index contributed by atoms with van der Waals surface area (Å²) >= 11 is 0. The Hall–Kier alpha value is -4.02. The van der Waals surface area contributed by atoms with Gasteiger partial charge in [0.25, 0.3) is 0 Å². The van der Waals surface area contributed by atoms with Crippen molar-refractivity contribution >= 4 is 17.6 Å². The van der Waals surface area contributed by atoms with E-state index >= 15 is 0 Å². The molecule has 1 saturated heterocycles. The molecule has 0 unspecified atom stereocenters. The van der Waals surface area contributed by atoms with Gasteiger partial charge in [0.2, 0.25) is 18.4 Å². The van der Waals surface area contributed by atoms with Crippen LogP contribution < -0.4 is 24.8 Å². The number of anilines is 1. The molecule has 230 valence electrons. The van der Waals surface area contributed by atoms with Crippen LogP contribution in [0.3, 0.4) is 0 Å². The highest BCUT2D eigenvalue weighted by atomic mass is 16.7. The van der Waals surface area contributed by atoms with Crippen molar-refractivity contribution in [3.05, 3.63) is 71.5 Å². The van der Waals surface area contributed by atoms with E-state index in [4.69, 9.17) is 19.9 Å². The SMILES string of the molecule is CCCCN(C(=O)CN1C[C@H](c2cc(OC)c3c(c2)OCO3)[C@@H](C(=O)O)[C@@H]1CCc1cccn1C)c1cccc(CN)c1. The average Bonchev–Trinajstić information content (AvgIpc) is 3.74. The van der Waals surface area contributed by atoms with Crippen LogP contribution in [-0.4, -0.2) is 66.0 Å². The maximum atomic E-state index is 14.1. The Morgan fingerprint density at radius 1 is 1.16 bits per heavy atom. The fraction of sp³-hybridized carbons (Fsp3) is 0.455. The molecule has 3 heterocycles. The first-order valence-electron chi connectivity index (χ1n) is 15.0. The summed E-state index contributed by atoms with van der Waals surface area (Å²) in [6.07, 6.45) is 5.07. The van der Waals surface area contributed by atoms with E-state index in [0.717, 1.165) is 35.3 Å². The lowest BCUT2D eigenvalue weighted by Gasteiger charge is -2.30. The molecule has 0 spiro atoms. The number of carboxylic acids is 1. The third kappa shape index (κ3) is 6.50. The molecule has 2 aromatic carbocycles. The van der Waals surface area contributed by atoms with E-state index in [-0.39, 0.29) is 31.2 Å². The van der Waals surface area contributed by atoms with Crippen molar-refractivity contribution in [1.29, 1.82) is 0 Å². The minimum atomic E-state index is -0.882. The van der Waals surface area contributed by atoms with Gasteiger partial charge in [-0.1, -0.05) is 25.5 Å². The highest BCUT2D eigenvalue weighted by Crippen LogP contribution is 2.47. The standard InChI is InChI=1S/C33H42N4O6/c1-4-5-14-37(25-9-6-8-22(15-25)18-34)30(38)20-36-19-26(23-16-28(41-3)32-29(17-23)42-21-43-32)31(33(39)40)27(36)12-11-24-10-7-13-35(24)2/h6-10,13,15-17,26-27,31H,4-5,11-12,14,18-21,34H2,1-3H3,(H,39,40)/t26-,27+,31-/m1/s1. The molecule has 10 heteroatoms. The maximum absolute atomic E-state index is 14.1. The number of hydrogen-bond donors (Lipinski definition) is 2. The summed E-state index contributed by atoms with van der Waals surface area (Å²) in [6.45, 7) is 3.67. The number of benzene rings is 2. The zero-order valence-corrected chi connectivity index (χ0v) is 25.2. The Morgan fingerprint density at radius 2 is 2.00 bits per heavy atom. The number of aliphatic carboxylic acids is 1. The minimum absolute atomic E-state index is 0.0560. The monoisotopic (exact) mass is 590 g/mol. The van der Waals surface area contributed by atoms with Crippen LogP contribution in [0, 0.1) is 5.92 Å². The number of unbranched alkanes of at least 4 members (excludes halogenated alkanes) is 1. The van der Waals surface area contributed by atoms with Crippen molar-refractivity contribution in [2.24, 2.45) is 18.7 Å². The number of amides is 1. The second-order valence-corrected chi connectivity index (χ2v) is 11.3. The molecule has 1 fully saturated rings. The number of aromatic nitrogens is 1. The van der Waals surface area contributed by atoms with Crippen molar-refractivity contribution in [2.75, 3.05) is 38.4 Å². The van der Waals surface area contributed by atoms with Crippen LogP contribution >= 0.6 is 0 Å². The summed E-state index contributed by atoms with van der Waals surface area (Å²) in [5.74, 6) is -0.478. The van der Waals surface area contributed by atoms with Crippen LogP contribution in [0.2, 0.25) is 0 Å². The molecule has 0 aliphatic carbocycles. The van der Waals surface area contributed by atoms with Crippen LogP contribution in [0.1, 0.15) is 48.9 Å². The van der Waals surface area contributed by atoms with Gasteiger partial charge in [0.1, 0.15) is 0 Å². The second-order valence-electron chi connectivity index (χ2n) is 11.3. The van der Waals surface area contributed by atoms with E-state index in [0.29, 0.717) is 49.7 Å². The van der Waals surface area contributed by atoms with Gasteiger partial charge in [-0.3, -0.25) is 14.5 Å². The van der Waals surface area contributed by atoms with Crippen LogP contribution in [0.5, 0.6) is 17.2 Å². The number of hydrogen-bond acceptors (Lipinski definition) is 7. The Kier molecular flexibility index (Phi) is 9.57. The van der Waals surface area contributed by atoms with Crippen molar-refractivity contribution in [3.8, 4) is 17.2 Å². The van der Waals surface area contributed by atoms with Gasteiger partial charge in [0, 0.05) is 56.2 Å². The van der Waals surface area contributed by atoms with E-state index in [9.17, 15) is 14.7 Å². The van der Waals surface area contributed by atoms with Crippen LogP contribution in [0.15, 0.2) is 54.7 Å². The fourth-order valence-corrected chi connectivity index (χ4v) is 6.43. The first kappa shape index (κ1) is 30.4. The minimum Gasteiger partial charge on any atom is -0.493 e. The fourth-order valence-electron chi connectivity index (χ4n) is 6.43. The molecular formula is C33H42N4O6. The van der Waals surface area contributed by atoms with E-state index in [1.807, 2.05) is 60.6 Å². The number of nitrogens with zero attached hydrogens (tertiary/aromatic N) is 3. The van der Waals surface area contributed by atoms with Gasteiger partial charge in [0.15, 0.2) is 11.5 Å². The number of ether oxygens (including phenoxy) is 3. The molecule has 0 radical (unpaired) electrons. The molecule has 3 N–H and O–H groups in total. The molecular weight excluding hydrogens is 548 g/mol. The number of aryl methyl sites for hydroxylation is 2. The molecule has 3 atom stereocenters. The molecule has 5 rings (SSSR count). The largest absolute Gasteiger partial charge is 0.493 e. The first-order valence-corrected chi connectivity index (χ1v) is 15.0. The van der Waals surface area contributed by atoms with E-state index in [2.05, 4.69) is 22.5 Å². The van der Waals surface area contributed by atoms with Crippen molar-refractivity contribution in [2.45, 2.75) is 51.1 Å². The summed E-state index contributed by atoms with van der Waals surface area (Å²) in [7, 11) is 3.55. The maximum Gasteiger partial charge on any atom is 0.308 e. The Morgan fingerprint density at radius 3 is 2.70 bits per heavy atom. The molecule has 1 amide bonds. The quantitative estimate of drug-likeness (QED) is 0.305. The predicted octanol–water partition coefficient (Wildman–Crippen LogP) is 4.16. The van der Waals surface area contributed by atoms with Crippen LogP contribution in [0.25, 0.3) is 0 Å². The Labute approximate surface area is 252 Å². The highest BCUT2D eigenvalue weighted by molar-refractivity contribution is 5.95. The molecule has 0 saturated carbocycles. The lowest BCUT2D eigenvalue weighted by Crippen LogP contribution is -2.44. The summed E-state index contributed by atoms with van der Waals surface area (Å²) in [5.41, 5.74) is 9.59. The summed E-state index contributed by atoms with van der Waals surface area (Å²) in [5, 5.41) is 10.6. The van der Waals surface area contributed by atoms with Gasteiger partial charge >= 0.3 is 5.97 Å². The first-order chi connectivity index (χ1) is 20.8. The molecule has 1 aromatic heterocycles. The number of carboxylic acid groups (broad SMARTS) is 1. The van der Waals surface area contributed by atoms with Gasteiger partial charge in [0.05, 0.1) is 19.6 Å². The number of nitrogens with two attached hydrogens (primary N) is 1. The predicted molar refractivity (Wildman–Crippen MR) is 164 cm³/mol.